The number of anilines is 2. The van der Waals surface area contributed by atoms with Crippen LogP contribution in [0, 0.1) is 0 Å². The number of imidazole rings is 1. The quantitative estimate of drug-likeness (QED) is 0.639. The van der Waals surface area contributed by atoms with E-state index in [-0.39, 0.29) is 17.5 Å². The Morgan fingerprint density at radius 1 is 1.29 bits per heavy atom. The zero-order chi connectivity index (χ0) is 19.9. The predicted octanol–water partition coefficient (Wildman–Crippen LogP) is 2.69. The number of hydrogen-bond acceptors (Lipinski definition) is 5. The highest BCUT2D eigenvalue weighted by Gasteiger charge is 2.34. The van der Waals surface area contributed by atoms with Crippen molar-refractivity contribution >= 4 is 23.2 Å². The van der Waals surface area contributed by atoms with Gasteiger partial charge in [0.05, 0.1) is 17.8 Å². The Morgan fingerprint density at radius 3 is 2.82 bits per heavy atom. The fourth-order valence-electron chi connectivity index (χ4n) is 3.20. The summed E-state index contributed by atoms with van der Waals surface area (Å²) in [4.78, 5) is 20.2. The first-order valence-electron chi connectivity index (χ1n) is 8.67. The van der Waals surface area contributed by atoms with E-state index in [4.69, 9.17) is 5.73 Å². The number of aromatic nitrogens is 3. The van der Waals surface area contributed by atoms with Crippen LogP contribution in [-0.2, 0) is 11.0 Å². The third-order valence-electron chi connectivity index (χ3n) is 4.64. The summed E-state index contributed by atoms with van der Waals surface area (Å²) in [5, 5.41) is 5.87. The number of pyridine rings is 2. The summed E-state index contributed by atoms with van der Waals surface area (Å²) in [7, 11) is 0. The lowest BCUT2D eigenvalue weighted by molar-refractivity contribution is -0.137. The standard InChI is InChI=1S/C18H17F3N6O/c19-18(20,21)12-6-11(7-24-16(12)22)10-3-4-15-25-14(9-27(15)8-10)26-17(28)13-2-1-5-23-13/h3-4,6-9,13,23H,1-2,5H2,(H2,22,24)(H,26,28)/t13-/m0/s1. The maximum absolute atomic E-state index is 13.1. The largest absolute Gasteiger partial charge is 0.419 e. The van der Waals surface area contributed by atoms with Gasteiger partial charge in [0.1, 0.15) is 11.5 Å². The van der Waals surface area contributed by atoms with Crippen LogP contribution < -0.4 is 16.4 Å². The summed E-state index contributed by atoms with van der Waals surface area (Å²) in [5.41, 5.74) is 5.72. The lowest BCUT2D eigenvalue weighted by atomic mass is 10.1. The highest BCUT2D eigenvalue weighted by molar-refractivity contribution is 5.94. The average molecular weight is 390 g/mol. The Labute approximate surface area is 157 Å². The Morgan fingerprint density at radius 2 is 2.11 bits per heavy atom. The van der Waals surface area contributed by atoms with E-state index in [0.717, 1.165) is 25.5 Å². The Bertz CT molecular complexity index is 1040. The highest BCUT2D eigenvalue weighted by atomic mass is 19.4. The molecule has 0 unspecified atom stereocenters. The van der Waals surface area contributed by atoms with E-state index in [1.54, 1.807) is 28.9 Å². The topological polar surface area (TPSA) is 97.3 Å². The fraction of sp³-hybridized carbons (Fsp3) is 0.278. The van der Waals surface area contributed by atoms with Gasteiger partial charge >= 0.3 is 6.18 Å². The summed E-state index contributed by atoms with van der Waals surface area (Å²) in [6.07, 6.45) is 1.66. The summed E-state index contributed by atoms with van der Waals surface area (Å²) < 4.78 is 40.8. The number of hydrogen-bond donors (Lipinski definition) is 3. The van der Waals surface area contributed by atoms with Gasteiger partial charge in [-0.25, -0.2) is 9.97 Å². The van der Waals surface area contributed by atoms with E-state index in [2.05, 4.69) is 20.6 Å². The number of nitrogens with zero attached hydrogens (tertiary/aromatic N) is 3. The van der Waals surface area contributed by atoms with Crippen LogP contribution in [0.1, 0.15) is 18.4 Å². The molecule has 1 aliphatic heterocycles. The molecule has 3 aromatic heterocycles. The second-order valence-corrected chi connectivity index (χ2v) is 6.60. The number of alkyl halides is 3. The van der Waals surface area contributed by atoms with Crippen LogP contribution in [-0.4, -0.2) is 32.9 Å². The monoisotopic (exact) mass is 390 g/mol. The molecule has 0 saturated carbocycles. The zero-order valence-corrected chi connectivity index (χ0v) is 14.6. The molecule has 4 rings (SSSR count). The molecule has 0 spiro atoms. The van der Waals surface area contributed by atoms with Gasteiger partial charge in [0.15, 0.2) is 5.82 Å². The number of carbonyl (C=O) groups excluding carboxylic acids is 1. The summed E-state index contributed by atoms with van der Waals surface area (Å²) in [6.45, 7) is 0.808. The summed E-state index contributed by atoms with van der Waals surface area (Å²) in [5.74, 6) is -0.341. The molecule has 28 heavy (non-hydrogen) atoms. The molecule has 0 radical (unpaired) electrons. The minimum atomic E-state index is -4.59. The predicted molar refractivity (Wildman–Crippen MR) is 97.5 cm³/mol. The van der Waals surface area contributed by atoms with Crippen LogP contribution in [0.2, 0.25) is 0 Å². The summed E-state index contributed by atoms with van der Waals surface area (Å²) >= 11 is 0. The van der Waals surface area contributed by atoms with Gasteiger partial charge in [-0.2, -0.15) is 13.2 Å². The molecule has 1 fully saturated rings. The van der Waals surface area contributed by atoms with Gasteiger partial charge in [-0.05, 0) is 37.6 Å². The van der Waals surface area contributed by atoms with Gasteiger partial charge in [0.25, 0.3) is 0 Å². The zero-order valence-electron chi connectivity index (χ0n) is 14.6. The molecule has 10 heteroatoms. The number of amides is 1. The molecule has 0 aliphatic carbocycles. The Balaban J connectivity index is 1.62. The number of nitrogens with two attached hydrogens (primary N) is 1. The third kappa shape index (κ3) is 3.50. The van der Waals surface area contributed by atoms with Gasteiger partial charge in [-0.15, -0.1) is 0 Å². The van der Waals surface area contributed by atoms with E-state index in [1.807, 2.05) is 0 Å². The second kappa shape index (κ2) is 6.79. The minimum absolute atomic E-state index is 0.154. The first kappa shape index (κ1) is 18.2. The number of nitrogens with one attached hydrogen (secondary N) is 2. The van der Waals surface area contributed by atoms with Gasteiger partial charge < -0.3 is 20.8 Å². The SMILES string of the molecule is Nc1ncc(-c2ccc3nc(NC(=O)[C@@H]4CCCN4)cn3c2)cc1C(F)(F)F. The van der Waals surface area contributed by atoms with Crippen LogP contribution >= 0.6 is 0 Å². The van der Waals surface area contributed by atoms with Gasteiger partial charge in [-0.3, -0.25) is 4.79 Å². The van der Waals surface area contributed by atoms with Gasteiger partial charge in [0, 0.05) is 23.5 Å². The van der Waals surface area contributed by atoms with Gasteiger partial charge in [0.2, 0.25) is 5.91 Å². The molecule has 1 amide bonds. The van der Waals surface area contributed by atoms with E-state index in [1.165, 1.54) is 6.20 Å². The summed E-state index contributed by atoms with van der Waals surface area (Å²) in [6, 6.07) is 4.03. The van der Waals surface area contributed by atoms with Crippen LogP contribution in [0.25, 0.3) is 16.8 Å². The second-order valence-electron chi connectivity index (χ2n) is 6.60. The molecule has 0 aromatic carbocycles. The van der Waals surface area contributed by atoms with E-state index < -0.39 is 17.6 Å². The van der Waals surface area contributed by atoms with Crippen molar-refractivity contribution in [3.63, 3.8) is 0 Å². The molecule has 7 nitrogen and oxygen atoms in total. The molecule has 3 aromatic rings. The van der Waals surface area contributed by atoms with Crippen molar-refractivity contribution in [1.29, 1.82) is 0 Å². The molecule has 4 heterocycles. The Kier molecular flexibility index (Phi) is 4.42. The van der Waals surface area contributed by atoms with Crippen molar-refractivity contribution in [3.8, 4) is 11.1 Å². The normalized spacial score (nSPS) is 17.2. The molecule has 4 N–H and O–H groups in total. The Hall–Kier alpha value is -3.14. The molecule has 0 bridgehead atoms. The number of nitrogen functional groups attached to an aromatic ring is 1. The molecule has 1 aliphatic rings. The number of fused-ring (bicyclic) bond motifs is 1. The van der Waals surface area contributed by atoms with Crippen LogP contribution in [0.5, 0.6) is 0 Å². The van der Waals surface area contributed by atoms with Gasteiger partial charge in [-0.1, -0.05) is 0 Å². The molecule has 146 valence electrons. The smallest absolute Gasteiger partial charge is 0.383 e. The first-order chi connectivity index (χ1) is 13.3. The highest BCUT2D eigenvalue weighted by Crippen LogP contribution is 2.35. The van der Waals surface area contributed by atoms with Crippen molar-refractivity contribution in [2.75, 3.05) is 17.6 Å². The lowest BCUT2D eigenvalue weighted by Gasteiger charge is -2.11. The third-order valence-corrected chi connectivity index (χ3v) is 4.64. The number of carbonyl (C=O) groups is 1. The van der Waals surface area contributed by atoms with Crippen LogP contribution in [0.15, 0.2) is 36.8 Å². The maximum Gasteiger partial charge on any atom is 0.419 e. The van der Waals surface area contributed by atoms with E-state index in [0.29, 0.717) is 17.0 Å². The minimum Gasteiger partial charge on any atom is -0.383 e. The van der Waals surface area contributed by atoms with Crippen molar-refractivity contribution in [1.82, 2.24) is 19.7 Å². The average Bonchev–Trinajstić information content (AvgIpc) is 3.30. The van der Waals surface area contributed by atoms with Crippen molar-refractivity contribution in [2.24, 2.45) is 0 Å². The number of halogens is 3. The van der Waals surface area contributed by atoms with Crippen LogP contribution in [0.4, 0.5) is 24.8 Å². The molecular weight excluding hydrogens is 373 g/mol. The molecule has 1 saturated heterocycles. The molecule has 1 atom stereocenters. The number of rotatable bonds is 3. The first-order valence-corrected chi connectivity index (χ1v) is 8.67. The van der Waals surface area contributed by atoms with E-state index >= 15 is 0 Å². The lowest BCUT2D eigenvalue weighted by Crippen LogP contribution is -2.35. The van der Waals surface area contributed by atoms with Crippen LogP contribution in [0.3, 0.4) is 0 Å². The van der Waals surface area contributed by atoms with E-state index in [9.17, 15) is 18.0 Å². The fourth-order valence-corrected chi connectivity index (χ4v) is 3.20. The van der Waals surface area contributed by atoms with Crippen molar-refractivity contribution in [2.45, 2.75) is 25.1 Å². The molecular formula is C18H17F3N6O. The van der Waals surface area contributed by atoms with Crippen molar-refractivity contribution in [3.05, 3.63) is 42.4 Å². The van der Waals surface area contributed by atoms with Crippen molar-refractivity contribution < 1.29 is 18.0 Å². The maximum atomic E-state index is 13.1.